The predicted octanol–water partition coefficient (Wildman–Crippen LogP) is 3.32. The molecule has 2 heterocycles. The minimum atomic E-state index is -0.438. The summed E-state index contributed by atoms with van der Waals surface area (Å²) in [7, 11) is 0. The molecule has 0 spiro atoms. The monoisotopic (exact) mass is 260 g/mol. The molecule has 1 atom stereocenters. The van der Waals surface area contributed by atoms with Gasteiger partial charge in [-0.15, -0.1) is 0 Å². The average Bonchev–Trinajstić information content (AvgIpc) is 2.38. The van der Waals surface area contributed by atoms with Gasteiger partial charge in [-0.05, 0) is 36.5 Å². The van der Waals surface area contributed by atoms with Gasteiger partial charge in [0.05, 0.1) is 6.10 Å². The quantitative estimate of drug-likeness (QED) is 0.829. The van der Waals surface area contributed by atoms with E-state index < -0.39 is 6.10 Å². The fourth-order valence-electron chi connectivity index (χ4n) is 2.43. The van der Waals surface area contributed by atoms with E-state index >= 15 is 0 Å². The molecule has 3 nitrogen and oxygen atoms in total. The summed E-state index contributed by atoms with van der Waals surface area (Å²) < 4.78 is 0. The number of hydrogen-bond acceptors (Lipinski definition) is 3. The second kappa shape index (κ2) is 5.33. The van der Waals surface area contributed by atoms with Crippen molar-refractivity contribution in [3.63, 3.8) is 0 Å². The highest BCUT2D eigenvalue weighted by atomic mass is 16.3. The number of aromatic nitrogens is 1. The van der Waals surface area contributed by atoms with E-state index in [0.717, 1.165) is 30.9 Å². The summed E-state index contributed by atoms with van der Waals surface area (Å²) in [6.45, 7) is 10.5. The Kier molecular flexibility index (Phi) is 3.95. The van der Waals surface area contributed by atoms with Crippen LogP contribution in [0.2, 0.25) is 0 Å². The fourth-order valence-corrected chi connectivity index (χ4v) is 2.43. The second-order valence-electron chi connectivity index (χ2n) is 6.30. The Bertz CT molecular complexity index is 472. The summed E-state index contributed by atoms with van der Waals surface area (Å²) in [5.74, 6) is 0.961. The summed E-state index contributed by atoms with van der Waals surface area (Å²) >= 11 is 0. The van der Waals surface area contributed by atoms with E-state index in [4.69, 9.17) is 0 Å². The van der Waals surface area contributed by atoms with Gasteiger partial charge in [-0.2, -0.15) is 0 Å². The lowest BCUT2D eigenvalue weighted by Gasteiger charge is -2.33. The van der Waals surface area contributed by atoms with Crippen LogP contribution in [0.1, 0.15) is 45.8 Å². The van der Waals surface area contributed by atoms with Crippen molar-refractivity contribution in [1.82, 2.24) is 4.98 Å². The van der Waals surface area contributed by atoms with E-state index in [1.165, 1.54) is 5.57 Å². The third-order valence-corrected chi connectivity index (χ3v) is 3.75. The summed E-state index contributed by atoms with van der Waals surface area (Å²) in [4.78, 5) is 6.68. The Morgan fingerprint density at radius 1 is 1.37 bits per heavy atom. The molecular formula is C16H24N2O. The van der Waals surface area contributed by atoms with Crippen LogP contribution in [-0.2, 0) is 0 Å². The van der Waals surface area contributed by atoms with Crippen LogP contribution in [0.3, 0.4) is 0 Å². The number of nitrogens with zero attached hydrogens (tertiary/aromatic N) is 2. The first-order valence-corrected chi connectivity index (χ1v) is 6.96. The third kappa shape index (κ3) is 3.35. The van der Waals surface area contributed by atoms with Gasteiger partial charge in [-0.3, -0.25) is 0 Å². The van der Waals surface area contributed by atoms with Crippen LogP contribution in [-0.4, -0.2) is 23.2 Å². The van der Waals surface area contributed by atoms with E-state index in [9.17, 15) is 5.11 Å². The molecule has 0 fully saturated rings. The molecule has 3 heteroatoms. The van der Waals surface area contributed by atoms with Crippen molar-refractivity contribution in [2.24, 2.45) is 5.41 Å². The molecule has 1 aromatic heterocycles. The summed E-state index contributed by atoms with van der Waals surface area (Å²) in [6, 6.07) is 3.86. The Hall–Kier alpha value is -1.35. The lowest BCUT2D eigenvalue weighted by atomic mass is 9.83. The van der Waals surface area contributed by atoms with Gasteiger partial charge in [0.25, 0.3) is 0 Å². The van der Waals surface area contributed by atoms with Crippen LogP contribution >= 0.6 is 0 Å². The first-order chi connectivity index (χ1) is 8.88. The number of anilines is 1. The second-order valence-corrected chi connectivity index (χ2v) is 6.30. The Morgan fingerprint density at radius 3 is 2.63 bits per heavy atom. The fraction of sp³-hybridized carbons (Fsp3) is 0.562. The summed E-state index contributed by atoms with van der Waals surface area (Å²) in [6.07, 6.45) is 4.75. The maximum atomic E-state index is 9.64. The smallest absolute Gasteiger partial charge is 0.129 e. The van der Waals surface area contributed by atoms with Crippen molar-refractivity contribution in [1.29, 1.82) is 0 Å². The Morgan fingerprint density at radius 2 is 2.11 bits per heavy atom. The molecule has 0 radical (unpaired) electrons. The molecule has 0 aromatic carbocycles. The van der Waals surface area contributed by atoms with Crippen LogP contribution in [0, 0.1) is 5.41 Å². The van der Waals surface area contributed by atoms with Crippen molar-refractivity contribution in [2.75, 3.05) is 18.0 Å². The van der Waals surface area contributed by atoms with Crippen molar-refractivity contribution in [3.8, 4) is 0 Å². The van der Waals surface area contributed by atoms with Gasteiger partial charge < -0.3 is 10.0 Å². The van der Waals surface area contributed by atoms with Crippen LogP contribution < -0.4 is 4.90 Å². The molecular weight excluding hydrogens is 236 g/mol. The molecule has 0 unspecified atom stereocenters. The van der Waals surface area contributed by atoms with Crippen molar-refractivity contribution >= 4 is 5.82 Å². The number of aliphatic hydroxyl groups excluding tert-OH is 1. The van der Waals surface area contributed by atoms with E-state index in [-0.39, 0.29) is 5.41 Å². The van der Waals surface area contributed by atoms with Gasteiger partial charge in [-0.25, -0.2) is 4.98 Å². The third-order valence-electron chi connectivity index (χ3n) is 3.75. The van der Waals surface area contributed by atoms with Gasteiger partial charge in [0.2, 0.25) is 0 Å². The number of aliphatic hydroxyl groups is 1. The minimum absolute atomic E-state index is 0.265. The minimum Gasteiger partial charge on any atom is -0.389 e. The molecule has 2 rings (SSSR count). The Balaban J connectivity index is 2.14. The SMILES string of the molecule is C[C@@H](O)c1ccnc(N2CC=C(C(C)(C)C)CC2)c1. The van der Waals surface area contributed by atoms with Gasteiger partial charge >= 0.3 is 0 Å². The lowest BCUT2D eigenvalue weighted by molar-refractivity contribution is 0.199. The summed E-state index contributed by atoms with van der Waals surface area (Å²) in [5.41, 5.74) is 2.71. The molecule has 0 saturated heterocycles. The normalized spacial score (nSPS) is 18.2. The van der Waals surface area contributed by atoms with Crippen LogP contribution in [0.5, 0.6) is 0 Å². The molecule has 1 aliphatic heterocycles. The van der Waals surface area contributed by atoms with Crippen LogP contribution in [0.15, 0.2) is 30.0 Å². The maximum Gasteiger partial charge on any atom is 0.129 e. The van der Waals surface area contributed by atoms with Gasteiger partial charge in [0, 0.05) is 19.3 Å². The molecule has 0 aliphatic carbocycles. The first kappa shape index (κ1) is 14.1. The number of rotatable bonds is 2. The topological polar surface area (TPSA) is 36.4 Å². The van der Waals surface area contributed by atoms with E-state index in [1.807, 2.05) is 12.1 Å². The maximum absolute atomic E-state index is 9.64. The number of hydrogen-bond donors (Lipinski definition) is 1. The van der Waals surface area contributed by atoms with Crippen molar-refractivity contribution in [2.45, 2.75) is 40.2 Å². The molecule has 1 aliphatic rings. The van der Waals surface area contributed by atoms with E-state index in [2.05, 4.69) is 36.7 Å². The zero-order valence-electron chi connectivity index (χ0n) is 12.3. The average molecular weight is 260 g/mol. The highest BCUT2D eigenvalue weighted by molar-refractivity contribution is 5.44. The van der Waals surface area contributed by atoms with Crippen LogP contribution in [0.4, 0.5) is 5.82 Å². The van der Waals surface area contributed by atoms with Gasteiger partial charge in [0.1, 0.15) is 5.82 Å². The highest BCUT2D eigenvalue weighted by Gasteiger charge is 2.21. The first-order valence-electron chi connectivity index (χ1n) is 6.96. The summed E-state index contributed by atoms with van der Waals surface area (Å²) in [5, 5.41) is 9.64. The predicted molar refractivity (Wildman–Crippen MR) is 79.2 cm³/mol. The molecule has 19 heavy (non-hydrogen) atoms. The standard InChI is InChI=1S/C16H24N2O/c1-12(19)13-5-8-17-15(11-13)18-9-6-14(7-10-18)16(2,3)4/h5-6,8,11-12,19H,7,9-10H2,1-4H3/t12-/m1/s1. The largest absolute Gasteiger partial charge is 0.389 e. The lowest BCUT2D eigenvalue weighted by Crippen LogP contribution is -2.31. The highest BCUT2D eigenvalue weighted by Crippen LogP contribution is 2.31. The van der Waals surface area contributed by atoms with E-state index in [1.54, 1.807) is 13.1 Å². The molecule has 1 aromatic rings. The molecule has 104 valence electrons. The van der Waals surface area contributed by atoms with Gasteiger partial charge in [-0.1, -0.05) is 32.4 Å². The van der Waals surface area contributed by atoms with E-state index in [0.29, 0.717) is 0 Å². The zero-order chi connectivity index (χ0) is 14.0. The number of pyridine rings is 1. The van der Waals surface area contributed by atoms with Crippen molar-refractivity contribution in [3.05, 3.63) is 35.5 Å². The van der Waals surface area contributed by atoms with Gasteiger partial charge in [0.15, 0.2) is 0 Å². The zero-order valence-corrected chi connectivity index (χ0v) is 12.3. The molecule has 0 amide bonds. The van der Waals surface area contributed by atoms with Crippen molar-refractivity contribution < 1.29 is 5.11 Å². The molecule has 0 saturated carbocycles. The Labute approximate surface area is 116 Å². The van der Waals surface area contributed by atoms with Crippen LogP contribution in [0.25, 0.3) is 0 Å². The molecule has 1 N–H and O–H groups in total. The molecule has 0 bridgehead atoms.